The van der Waals surface area contributed by atoms with Crippen molar-refractivity contribution in [1.29, 1.82) is 0 Å². The summed E-state index contributed by atoms with van der Waals surface area (Å²) < 4.78 is 2.93. The largest absolute Gasteiger partial charge is 0.477 e. The quantitative estimate of drug-likeness (QED) is 0.577. The SMILES string of the molecule is O=C(O)c1cc(Cn2ncc3c(Cl)cccc32)nn1-c1ncccc1Cl. The Morgan fingerprint density at radius 3 is 2.73 bits per heavy atom. The zero-order valence-electron chi connectivity index (χ0n) is 13.2. The highest BCUT2D eigenvalue weighted by atomic mass is 35.5. The van der Waals surface area contributed by atoms with Gasteiger partial charge in [-0.05, 0) is 30.3 Å². The first-order chi connectivity index (χ1) is 12.5. The van der Waals surface area contributed by atoms with Gasteiger partial charge in [0.05, 0.1) is 34.0 Å². The molecule has 3 aromatic heterocycles. The van der Waals surface area contributed by atoms with Crippen LogP contribution in [0, 0.1) is 0 Å². The van der Waals surface area contributed by atoms with Crippen LogP contribution in [0.5, 0.6) is 0 Å². The lowest BCUT2D eigenvalue weighted by molar-refractivity contribution is 0.0687. The predicted molar refractivity (Wildman–Crippen MR) is 97.2 cm³/mol. The number of carbonyl (C=O) groups is 1. The lowest BCUT2D eigenvalue weighted by Crippen LogP contribution is -2.10. The van der Waals surface area contributed by atoms with Crippen LogP contribution in [0.25, 0.3) is 16.7 Å². The lowest BCUT2D eigenvalue weighted by Gasteiger charge is -2.05. The maximum Gasteiger partial charge on any atom is 0.354 e. The molecule has 0 atom stereocenters. The van der Waals surface area contributed by atoms with Crippen LogP contribution in [0.2, 0.25) is 10.0 Å². The van der Waals surface area contributed by atoms with Crippen molar-refractivity contribution in [2.75, 3.05) is 0 Å². The molecular weight excluding hydrogens is 377 g/mol. The van der Waals surface area contributed by atoms with Crippen molar-refractivity contribution in [3.63, 3.8) is 0 Å². The fraction of sp³-hybridized carbons (Fsp3) is 0.0588. The lowest BCUT2D eigenvalue weighted by atomic mass is 10.2. The topological polar surface area (TPSA) is 85.8 Å². The van der Waals surface area contributed by atoms with Gasteiger partial charge < -0.3 is 5.11 Å². The summed E-state index contributed by atoms with van der Waals surface area (Å²) in [7, 11) is 0. The average Bonchev–Trinajstić information content (AvgIpc) is 3.21. The molecule has 3 heterocycles. The van der Waals surface area contributed by atoms with Crippen LogP contribution < -0.4 is 0 Å². The molecule has 4 aromatic rings. The molecule has 4 rings (SSSR count). The standard InChI is InChI=1S/C17H11Cl2N5O2/c18-12-3-1-5-14-11(12)8-21-23(14)9-10-7-15(17(25)26)24(22-10)16-13(19)4-2-6-20-16/h1-8H,9H2,(H,25,26). The molecule has 9 heteroatoms. The van der Waals surface area contributed by atoms with Gasteiger partial charge in [-0.1, -0.05) is 29.3 Å². The number of pyridine rings is 1. The van der Waals surface area contributed by atoms with Crippen molar-refractivity contribution in [3.8, 4) is 5.82 Å². The van der Waals surface area contributed by atoms with E-state index in [0.29, 0.717) is 15.7 Å². The minimum atomic E-state index is -1.13. The minimum Gasteiger partial charge on any atom is -0.477 e. The summed E-state index contributed by atoms with van der Waals surface area (Å²) in [6.07, 6.45) is 3.19. The van der Waals surface area contributed by atoms with E-state index in [1.54, 1.807) is 29.1 Å². The maximum atomic E-state index is 11.6. The molecule has 0 fully saturated rings. The van der Waals surface area contributed by atoms with E-state index in [2.05, 4.69) is 15.2 Å². The van der Waals surface area contributed by atoms with Gasteiger partial charge in [0.2, 0.25) is 0 Å². The van der Waals surface area contributed by atoms with Crippen molar-refractivity contribution < 1.29 is 9.90 Å². The van der Waals surface area contributed by atoms with E-state index in [9.17, 15) is 9.90 Å². The van der Waals surface area contributed by atoms with Gasteiger partial charge in [-0.3, -0.25) is 4.68 Å². The normalized spacial score (nSPS) is 11.2. The van der Waals surface area contributed by atoms with E-state index < -0.39 is 5.97 Å². The highest BCUT2D eigenvalue weighted by molar-refractivity contribution is 6.35. The van der Waals surface area contributed by atoms with Crippen molar-refractivity contribution in [2.45, 2.75) is 6.54 Å². The van der Waals surface area contributed by atoms with Gasteiger partial charge in [-0.15, -0.1) is 0 Å². The number of carboxylic acid groups (broad SMARTS) is 1. The molecule has 7 nitrogen and oxygen atoms in total. The van der Waals surface area contributed by atoms with Gasteiger partial charge in [-0.25, -0.2) is 14.5 Å². The first kappa shape index (κ1) is 16.6. The predicted octanol–water partition coefficient (Wildman–Crippen LogP) is 3.67. The Morgan fingerprint density at radius 1 is 1.15 bits per heavy atom. The molecule has 26 heavy (non-hydrogen) atoms. The van der Waals surface area contributed by atoms with E-state index in [1.807, 2.05) is 12.1 Å². The number of fused-ring (bicyclic) bond motifs is 1. The van der Waals surface area contributed by atoms with E-state index in [-0.39, 0.29) is 18.1 Å². The first-order valence-electron chi connectivity index (χ1n) is 7.58. The van der Waals surface area contributed by atoms with E-state index in [1.165, 1.54) is 16.9 Å². The first-order valence-corrected chi connectivity index (χ1v) is 8.33. The third-order valence-electron chi connectivity index (χ3n) is 3.86. The molecule has 0 spiro atoms. The fourth-order valence-corrected chi connectivity index (χ4v) is 3.12. The van der Waals surface area contributed by atoms with E-state index in [4.69, 9.17) is 23.2 Å². The van der Waals surface area contributed by atoms with Gasteiger partial charge in [-0.2, -0.15) is 10.2 Å². The van der Waals surface area contributed by atoms with Crippen molar-refractivity contribution in [3.05, 3.63) is 70.2 Å². The molecule has 0 radical (unpaired) electrons. The Balaban J connectivity index is 1.78. The third-order valence-corrected chi connectivity index (χ3v) is 4.49. The monoisotopic (exact) mass is 387 g/mol. The Morgan fingerprint density at radius 2 is 1.96 bits per heavy atom. The second kappa shape index (κ2) is 6.44. The summed E-state index contributed by atoms with van der Waals surface area (Å²) in [5.41, 5.74) is 1.31. The van der Waals surface area contributed by atoms with Crippen LogP contribution in [0.3, 0.4) is 0 Å². The zero-order valence-corrected chi connectivity index (χ0v) is 14.7. The zero-order chi connectivity index (χ0) is 18.3. The smallest absolute Gasteiger partial charge is 0.354 e. The van der Waals surface area contributed by atoms with Gasteiger partial charge in [0.1, 0.15) is 0 Å². The Kier molecular flexibility index (Phi) is 4.10. The highest BCUT2D eigenvalue weighted by Gasteiger charge is 2.19. The van der Waals surface area contributed by atoms with Gasteiger partial charge in [0.25, 0.3) is 0 Å². The van der Waals surface area contributed by atoms with Crippen molar-refractivity contribution >= 4 is 40.1 Å². The number of aromatic nitrogens is 5. The minimum absolute atomic E-state index is 0.0323. The number of aromatic carboxylic acids is 1. The molecule has 1 N–H and O–H groups in total. The average molecular weight is 388 g/mol. The third kappa shape index (κ3) is 2.81. The molecule has 0 bridgehead atoms. The van der Waals surface area contributed by atoms with Crippen molar-refractivity contribution in [2.24, 2.45) is 0 Å². The number of rotatable bonds is 4. The van der Waals surface area contributed by atoms with Crippen molar-refractivity contribution in [1.82, 2.24) is 24.5 Å². The van der Waals surface area contributed by atoms with E-state index >= 15 is 0 Å². The second-order valence-corrected chi connectivity index (χ2v) is 6.34. The molecule has 0 amide bonds. The van der Waals surface area contributed by atoms with Gasteiger partial charge in [0.15, 0.2) is 11.5 Å². The summed E-state index contributed by atoms with van der Waals surface area (Å²) in [5.74, 6) is -0.870. The highest BCUT2D eigenvalue weighted by Crippen LogP contribution is 2.24. The number of halogens is 2. The molecule has 0 aliphatic heterocycles. The summed E-state index contributed by atoms with van der Waals surface area (Å²) in [6, 6.07) is 10.3. The number of hydrogen-bond donors (Lipinski definition) is 1. The molecule has 1 aromatic carbocycles. The van der Waals surface area contributed by atoms with Gasteiger partial charge in [0, 0.05) is 11.6 Å². The summed E-state index contributed by atoms with van der Waals surface area (Å²) in [6.45, 7) is 0.279. The Bertz CT molecular complexity index is 1140. The molecule has 0 aliphatic carbocycles. The fourth-order valence-electron chi connectivity index (χ4n) is 2.70. The molecule has 0 saturated heterocycles. The molecule has 0 aliphatic rings. The van der Waals surface area contributed by atoms with Gasteiger partial charge >= 0.3 is 5.97 Å². The van der Waals surface area contributed by atoms with Crippen LogP contribution in [-0.2, 0) is 6.54 Å². The van der Waals surface area contributed by atoms with Crippen LogP contribution in [-0.4, -0.2) is 35.6 Å². The molecular formula is C17H11Cl2N5O2. The summed E-state index contributed by atoms with van der Waals surface area (Å²) in [5, 5.41) is 19.9. The Hall–Kier alpha value is -2.90. The number of nitrogens with zero attached hydrogens (tertiary/aromatic N) is 5. The van der Waals surface area contributed by atoms with Crippen LogP contribution in [0.15, 0.2) is 48.8 Å². The molecule has 0 saturated carbocycles. The number of hydrogen-bond acceptors (Lipinski definition) is 4. The molecule has 0 unspecified atom stereocenters. The Labute approximate surface area is 157 Å². The molecule has 130 valence electrons. The summed E-state index contributed by atoms with van der Waals surface area (Å²) in [4.78, 5) is 15.7. The second-order valence-electron chi connectivity index (χ2n) is 5.52. The van der Waals surface area contributed by atoms with Crippen LogP contribution in [0.4, 0.5) is 0 Å². The maximum absolute atomic E-state index is 11.6. The van der Waals surface area contributed by atoms with Crippen LogP contribution in [0.1, 0.15) is 16.2 Å². The van der Waals surface area contributed by atoms with Crippen LogP contribution >= 0.6 is 23.2 Å². The number of benzene rings is 1. The van der Waals surface area contributed by atoms with E-state index in [0.717, 1.165) is 10.9 Å². The number of carboxylic acids is 1. The summed E-state index contributed by atoms with van der Waals surface area (Å²) >= 11 is 12.3.